The molecule has 2 aromatic carbocycles. The monoisotopic (exact) mass is 478 g/mol. The topological polar surface area (TPSA) is 63.4 Å². The molecule has 1 aliphatic rings. The lowest BCUT2D eigenvalue weighted by molar-refractivity contribution is 0.415. The predicted molar refractivity (Wildman–Crippen MR) is 112 cm³/mol. The maximum Gasteiger partial charge on any atom is 0.236 e. The van der Waals surface area contributed by atoms with E-state index in [1.807, 2.05) is 4.90 Å². The van der Waals surface area contributed by atoms with Gasteiger partial charge in [0.2, 0.25) is 26.6 Å². The van der Waals surface area contributed by atoms with Crippen molar-refractivity contribution in [3.8, 4) is 11.5 Å². The third-order valence-corrected chi connectivity index (χ3v) is 7.33. The van der Waals surface area contributed by atoms with Crippen molar-refractivity contribution < 1.29 is 17.2 Å². The average Bonchev–Trinajstić information content (AvgIpc) is 3.15. The number of piperidine rings is 1. The van der Waals surface area contributed by atoms with E-state index in [9.17, 15) is 12.8 Å². The molecule has 0 atom stereocenters. The van der Waals surface area contributed by atoms with Gasteiger partial charge in [-0.15, -0.1) is 0 Å². The van der Waals surface area contributed by atoms with Gasteiger partial charge in [0.15, 0.2) is 0 Å². The minimum atomic E-state index is -3.94. The van der Waals surface area contributed by atoms with Gasteiger partial charge < -0.3 is 9.32 Å². The standard InChI is InChI=1S/C21H20BrFN2O3S/c1-14-10-12-25(13-11-14)21-20(29(26,27)16-8-6-15(22)7-9-16)24-19(28-21)17-4-2-3-5-18(17)23/h2-9,14H,10-13H2,1H3. The number of benzene rings is 2. The van der Waals surface area contributed by atoms with Crippen molar-refractivity contribution >= 4 is 31.7 Å². The first-order valence-corrected chi connectivity index (χ1v) is 11.6. The Kier molecular flexibility index (Phi) is 5.48. The number of rotatable bonds is 4. The smallest absolute Gasteiger partial charge is 0.236 e. The zero-order valence-corrected chi connectivity index (χ0v) is 18.2. The Balaban J connectivity index is 1.85. The summed E-state index contributed by atoms with van der Waals surface area (Å²) in [4.78, 5) is 6.26. The Morgan fingerprint density at radius 2 is 1.76 bits per heavy atom. The Morgan fingerprint density at radius 3 is 2.41 bits per heavy atom. The van der Waals surface area contributed by atoms with Crippen LogP contribution in [0.25, 0.3) is 11.5 Å². The lowest BCUT2D eigenvalue weighted by atomic mass is 9.99. The van der Waals surface area contributed by atoms with Crippen LogP contribution in [0.15, 0.2) is 67.3 Å². The zero-order chi connectivity index (χ0) is 20.6. The number of nitrogens with zero attached hydrogens (tertiary/aromatic N) is 2. The van der Waals surface area contributed by atoms with E-state index in [4.69, 9.17) is 4.42 Å². The fourth-order valence-corrected chi connectivity index (χ4v) is 4.95. The van der Waals surface area contributed by atoms with E-state index >= 15 is 0 Å². The number of hydrogen-bond donors (Lipinski definition) is 0. The predicted octanol–water partition coefficient (Wildman–Crippen LogP) is 5.31. The van der Waals surface area contributed by atoms with E-state index in [0.717, 1.165) is 17.3 Å². The van der Waals surface area contributed by atoms with Crippen LogP contribution in [0.3, 0.4) is 0 Å². The van der Waals surface area contributed by atoms with Crippen molar-refractivity contribution in [2.24, 2.45) is 5.92 Å². The van der Waals surface area contributed by atoms with Crippen LogP contribution in [-0.4, -0.2) is 26.5 Å². The van der Waals surface area contributed by atoms with Gasteiger partial charge in [-0.25, -0.2) is 12.8 Å². The minimum Gasteiger partial charge on any atom is -0.419 e. The highest BCUT2D eigenvalue weighted by Gasteiger charge is 2.33. The number of hydrogen-bond acceptors (Lipinski definition) is 5. The number of oxazole rings is 1. The second-order valence-electron chi connectivity index (χ2n) is 7.24. The zero-order valence-electron chi connectivity index (χ0n) is 15.8. The summed E-state index contributed by atoms with van der Waals surface area (Å²) in [5, 5.41) is -0.173. The highest BCUT2D eigenvalue weighted by atomic mass is 79.9. The first kappa shape index (κ1) is 20.1. The van der Waals surface area contributed by atoms with Gasteiger partial charge in [-0.05, 0) is 55.2 Å². The van der Waals surface area contributed by atoms with Gasteiger partial charge >= 0.3 is 0 Å². The fraction of sp³-hybridized carbons (Fsp3) is 0.286. The van der Waals surface area contributed by atoms with Crippen LogP contribution in [0, 0.1) is 11.7 Å². The molecule has 8 heteroatoms. The fourth-order valence-electron chi connectivity index (χ4n) is 3.36. The summed E-state index contributed by atoms with van der Waals surface area (Å²) in [5.41, 5.74) is 0.136. The van der Waals surface area contributed by atoms with Crippen LogP contribution in [0.1, 0.15) is 19.8 Å². The molecule has 0 spiro atoms. The Labute approximate surface area is 177 Å². The normalized spacial score (nSPS) is 15.6. The molecule has 0 aliphatic carbocycles. The van der Waals surface area contributed by atoms with E-state index in [0.29, 0.717) is 19.0 Å². The summed E-state index contributed by atoms with van der Waals surface area (Å²) in [6.07, 6.45) is 1.85. The maximum absolute atomic E-state index is 14.3. The molecule has 3 aromatic rings. The quantitative estimate of drug-likeness (QED) is 0.508. The molecule has 1 saturated heterocycles. The van der Waals surface area contributed by atoms with Crippen molar-refractivity contribution in [3.63, 3.8) is 0 Å². The summed E-state index contributed by atoms with van der Waals surface area (Å²) in [6, 6.07) is 12.4. The SMILES string of the molecule is CC1CCN(c2oc(-c3ccccc3F)nc2S(=O)(=O)c2ccc(Br)cc2)CC1. The van der Waals surface area contributed by atoms with Crippen LogP contribution < -0.4 is 4.90 Å². The van der Waals surface area contributed by atoms with Crippen molar-refractivity contribution in [1.29, 1.82) is 0 Å². The number of aromatic nitrogens is 1. The molecule has 29 heavy (non-hydrogen) atoms. The Morgan fingerprint density at radius 1 is 1.10 bits per heavy atom. The molecule has 0 amide bonds. The van der Waals surface area contributed by atoms with Crippen LogP contribution in [0.4, 0.5) is 10.3 Å². The molecule has 0 radical (unpaired) electrons. The summed E-state index contributed by atoms with van der Waals surface area (Å²) < 4.78 is 47.6. The van der Waals surface area contributed by atoms with Crippen molar-refractivity contribution in [3.05, 3.63) is 58.8 Å². The third-order valence-electron chi connectivity index (χ3n) is 5.13. The van der Waals surface area contributed by atoms with E-state index in [2.05, 4.69) is 27.8 Å². The van der Waals surface area contributed by atoms with Crippen LogP contribution >= 0.6 is 15.9 Å². The van der Waals surface area contributed by atoms with Crippen molar-refractivity contribution in [1.82, 2.24) is 4.98 Å². The maximum atomic E-state index is 14.3. The third kappa shape index (κ3) is 3.96. The highest BCUT2D eigenvalue weighted by Crippen LogP contribution is 2.37. The van der Waals surface area contributed by atoms with E-state index in [1.54, 1.807) is 24.3 Å². The molecule has 0 bridgehead atoms. The number of sulfone groups is 1. The first-order valence-electron chi connectivity index (χ1n) is 9.37. The highest BCUT2D eigenvalue weighted by molar-refractivity contribution is 9.10. The second kappa shape index (κ2) is 7.91. The van der Waals surface area contributed by atoms with E-state index in [-0.39, 0.29) is 27.3 Å². The minimum absolute atomic E-state index is 0.0348. The van der Waals surface area contributed by atoms with Crippen molar-refractivity contribution in [2.75, 3.05) is 18.0 Å². The number of anilines is 1. The lowest BCUT2D eigenvalue weighted by Crippen LogP contribution is -2.33. The van der Waals surface area contributed by atoms with Crippen LogP contribution in [0.2, 0.25) is 0 Å². The molecule has 1 aliphatic heterocycles. The molecule has 1 fully saturated rings. The molecular formula is C21H20BrFN2O3S. The summed E-state index contributed by atoms with van der Waals surface area (Å²) in [6.45, 7) is 3.49. The molecule has 1 aromatic heterocycles. The molecule has 0 N–H and O–H groups in total. The van der Waals surface area contributed by atoms with Gasteiger partial charge in [0.1, 0.15) is 5.82 Å². The number of halogens is 2. The molecule has 152 valence electrons. The summed E-state index contributed by atoms with van der Waals surface area (Å²) >= 11 is 3.31. The van der Waals surface area contributed by atoms with E-state index in [1.165, 1.54) is 24.3 Å². The molecule has 4 rings (SSSR count). The first-order chi connectivity index (χ1) is 13.9. The van der Waals surface area contributed by atoms with Crippen LogP contribution in [-0.2, 0) is 9.84 Å². The van der Waals surface area contributed by atoms with Gasteiger partial charge in [-0.2, -0.15) is 4.98 Å². The average molecular weight is 479 g/mol. The molecular weight excluding hydrogens is 459 g/mol. The van der Waals surface area contributed by atoms with E-state index < -0.39 is 15.7 Å². The summed E-state index contributed by atoms with van der Waals surface area (Å²) in [5.74, 6) is 0.192. The molecule has 0 unspecified atom stereocenters. The molecule has 2 heterocycles. The van der Waals surface area contributed by atoms with Gasteiger partial charge in [0.05, 0.1) is 10.5 Å². The largest absolute Gasteiger partial charge is 0.419 e. The van der Waals surface area contributed by atoms with Gasteiger partial charge in [-0.1, -0.05) is 35.0 Å². The second-order valence-corrected chi connectivity index (χ2v) is 10.0. The van der Waals surface area contributed by atoms with Gasteiger partial charge in [0.25, 0.3) is 0 Å². The lowest BCUT2D eigenvalue weighted by Gasteiger charge is -2.30. The van der Waals surface area contributed by atoms with Gasteiger partial charge in [0, 0.05) is 17.6 Å². The van der Waals surface area contributed by atoms with Gasteiger partial charge in [-0.3, -0.25) is 0 Å². The molecule has 5 nitrogen and oxygen atoms in total. The van der Waals surface area contributed by atoms with Crippen LogP contribution in [0.5, 0.6) is 0 Å². The Hall–Kier alpha value is -2.19. The Bertz CT molecular complexity index is 1120. The van der Waals surface area contributed by atoms with Crippen molar-refractivity contribution in [2.45, 2.75) is 29.7 Å². The molecule has 0 saturated carbocycles. The summed E-state index contributed by atoms with van der Waals surface area (Å²) in [7, 11) is -3.94.